The molecule has 0 fully saturated rings. The quantitative estimate of drug-likeness (QED) is 0.880. The first-order valence-corrected chi connectivity index (χ1v) is 5.92. The van der Waals surface area contributed by atoms with Crippen molar-refractivity contribution in [2.75, 3.05) is 6.54 Å². The Labute approximate surface area is 110 Å². The number of amides is 3. The Kier molecular flexibility index (Phi) is 4.34. The molecule has 5 nitrogen and oxygen atoms in total. The molecule has 19 heavy (non-hydrogen) atoms. The van der Waals surface area contributed by atoms with E-state index in [1.165, 1.54) is 12.3 Å². The van der Waals surface area contributed by atoms with Gasteiger partial charge in [0.2, 0.25) is 0 Å². The highest BCUT2D eigenvalue weighted by molar-refractivity contribution is 6.02. The van der Waals surface area contributed by atoms with E-state index in [1.807, 2.05) is 30.3 Å². The molecule has 2 aromatic rings. The van der Waals surface area contributed by atoms with Crippen molar-refractivity contribution < 1.29 is 14.0 Å². The summed E-state index contributed by atoms with van der Waals surface area (Å²) in [6, 6.07) is 12.3. The van der Waals surface area contributed by atoms with Gasteiger partial charge >= 0.3 is 6.03 Å². The third-order valence-corrected chi connectivity index (χ3v) is 2.51. The van der Waals surface area contributed by atoms with E-state index in [9.17, 15) is 9.59 Å². The van der Waals surface area contributed by atoms with Crippen LogP contribution in [0.3, 0.4) is 0 Å². The number of carbonyl (C=O) groups excluding carboxylic acids is 2. The second-order valence-corrected chi connectivity index (χ2v) is 3.92. The van der Waals surface area contributed by atoms with E-state index >= 15 is 0 Å². The van der Waals surface area contributed by atoms with Gasteiger partial charge in [0.1, 0.15) is 0 Å². The van der Waals surface area contributed by atoms with Crippen molar-refractivity contribution >= 4 is 11.9 Å². The van der Waals surface area contributed by atoms with Crippen LogP contribution in [0.2, 0.25) is 0 Å². The number of imide groups is 1. The molecule has 0 spiro atoms. The molecule has 98 valence electrons. The van der Waals surface area contributed by atoms with Gasteiger partial charge in [-0.05, 0) is 24.1 Å². The molecule has 0 aliphatic rings. The van der Waals surface area contributed by atoms with Crippen molar-refractivity contribution in [2.24, 2.45) is 0 Å². The van der Waals surface area contributed by atoms with E-state index in [0.29, 0.717) is 13.0 Å². The van der Waals surface area contributed by atoms with Gasteiger partial charge in [0.15, 0.2) is 5.76 Å². The average Bonchev–Trinajstić information content (AvgIpc) is 2.94. The predicted octanol–water partition coefficient (Wildman–Crippen LogP) is 1.96. The molecule has 1 aromatic heterocycles. The topological polar surface area (TPSA) is 71.3 Å². The highest BCUT2D eigenvalue weighted by atomic mass is 16.3. The fraction of sp³-hybridized carbons (Fsp3) is 0.143. The predicted molar refractivity (Wildman–Crippen MR) is 69.7 cm³/mol. The summed E-state index contributed by atoms with van der Waals surface area (Å²) in [4.78, 5) is 22.9. The lowest BCUT2D eigenvalue weighted by Crippen LogP contribution is -2.40. The maximum atomic E-state index is 11.5. The zero-order valence-electron chi connectivity index (χ0n) is 10.3. The van der Waals surface area contributed by atoms with Crippen LogP contribution >= 0.6 is 0 Å². The number of hydrogen-bond donors (Lipinski definition) is 2. The molecule has 2 rings (SSSR count). The summed E-state index contributed by atoms with van der Waals surface area (Å²) >= 11 is 0. The van der Waals surface area contributed by atoms with Gasteiger partial charge in [0.25, 0.3) is 5.91 Å². The van der Waals surface area contributed by atoms with Crippen LogP contribution in [-0.4, -0.2) is 18.5 Å². The van der Waals surface area contributed by atoms with Crippen LogP contribution in [0.25, 0.3) is 0 Å². The molecule has 0 radical (unpaired) electrons. The lowest BCUT2D eigenvalue weighted by molar-refractivity contribution is 0.0937. The molecule has 3 amide bonds. The van der Waals surface area contributed by atoms with Crippen LogP contribution in [0.4, 0.5) is 4.79 Å². The van der Waals surface area contributed by atoms with Crippen LogP contribution in [0, 0.1) is 0 Å². The van der Waals surface area contributed by atoms with E-state index < -0.39 is 11.9 Å². The van der Waals surface area contributed by atoms with E-state index in [4.69, 9.17) is 4.42 Å². The molecule has 0 unspecified atom stereocenters. The van der Waals surface area contributed by atoms with Gasteiger partial charge in [-0.25, -0.2) is 4.79 Å². The van der Waals surface area contributed by atoms with Crippen LogP contribution in [0.1, 0.15) is 16.1 Å². The number of urea groups is 1. The van der Waals surface area contributed by atoms with E-state index in [1.54, 1.807) is 6.07 Å². The third-order valence-electron chi connectivity index (χ3n) is 2.51. The number of furan rings is 1. The summed E-state index contributed by atoms with van der Waals surface area (Å²) in [6.45, 7) is 0.460. The van der Waals surface area contributed by atoms with Gasteiger partial charge in [0.05, 0.1) is 6.26 Å². The van der Waals surface area contributed by atoms with Crippen LogP contribution in [-0.2, 0) is 6.42 Å². The normalized spacial score (nSPS) is 9.89. The molecule has 1 heterocycles. The van der Waals surface area contributed by atoms with Gasteiger partial charge in [-0.2, -0.15) is 0 Å². The van der Waals surface area contributed by atoms with Gasteiger partial charge < -0.3 is 9.73 Å². The first-order chi connectivity index (χ1) is 9.25. The van der Waals surface area contributed by atoms with Gasteiger partial charge in [-0.3, -0.25) is 10.1 Å². The fourth-order valence-corrected chi connectivity index (χ4v) is 1.58. The van der Waals surface area contributed by atoms with Gasteiger partial charge in [0, 0.05) is 6.54 Å². The molecule has 1 aromatic carbocycles. The molecule has 5 heteroatoms. The largest absolute Gasteiger partial charge is 0.459 e. The summed E-state index contributed by atoms with van der Waals surface area (Å²) < 4.78 is 4.88. The van der Waals surface area contributed by atoms with Crippen LogP contribution in [0.15, 0.2) is 53.1 Å². The molecule has 0 bridgehead atoms. The summed E-state index contributed by atoms with van der Waals surface area (Å²) in [7, 11) is 0. The molecule has 0 atom stereocenters. The second-order valence-electron chi connectivity index (χ2n) is 3.92. The smallest absolute Gasteiger partial charge is 0.321 e. The minimum atomic E-state index is -0.554. The van der Waals surface area contributed by atoms with Gasteiger partial charge in [-0.1, -0.05) is 30.3 Å². The van der Waals surface area contributed by atoms with Crippen molar-refractivity contribution in [3.05, 3.63) is 60.1 Å². The highest BCUT2D eigenvalue weighted by Gasteiger charge is 2.11. The fourth-order valence-electron chi connectivity index (χ4n) is 1.58. The summed E-state index contributed by atoms with van der Waals surface area (Å²) in [5, 5.41) is 4.80. The minimum Gasteiger partial charge on any atom is -0.459 e. The lowest BCUT2D eigenvalue weighted by Gasteiger charge is -2.05. The first-order valence-electron chi connectivity index (χ1n) is 5.92. The standard InChI is InChI=1S/C14H14N2O3/c17-13(12-7-4-10-19-12)16-14(18)15-9-8-11-5-2-1-3-6-11/h1-7,10H,8-9H2,(H2,15,16,17,18). The maximum Gasteiger partial charge on any atom is 0.321 e. The van der Waals surface area contributed by atoms with Crippen LogP contribution in [0.5, 0.6) is 0 Å². The van der Waals surface area contributed by atoms with E-state index in [-0.39, 0.29) is 5.76 Å². The number of rotatable bonds is 4. The minimum absolute atomic E-state index is 0.109. The number of benzene rings is 1. The average molecular weight is 258 g/mol. The Morgan fingerprint density at radius 3 is 2.53 bits per heavy atom. The van der Waals surface area contributed by atoms with Gasteiger partial charge in [-0.15, -0.1) is 0 Å². The van der Waals surface area contributed by atoms with Crippen molar-refractivity contribution in [3.63, 3.8) is 0 Å². The van der Waals surface area contributed by atoms with Crippen molar-refractivity contribution in [1.82, 2.24) is 10.6 Å². The van der Waals surface area contributed by atoms with E-state index in [2.05, 4.69) is 10.6 Å². The maximum absolute atomic E-state index is 11.5. The number of carbonyl (C=O) groups is 2. The first kappa shape index (κ1) is 12.9. The van der Waals surface area contributed by atoms with E-state index in [0.717, 1.165) is 5.56 Å². The summed E-state index contributed by atoms with van der Waals surface area (Å²) in [5.74, 6) is -0.444. The summed E-state index contributed by atoms with van der Waals surface area (Å²) in [5.41, 5.74) is 1.13. The highest BCUT2D eigenvalue weighted by Crippen LogP contribution is 1.99. The Balaban J connectivity index is 1.72. The molecular formula is C14H14N2O3. The molecule has 2 N–H and O–H groups in total. The van der Waals surface area contributed by atoms with Crippen molar-refractivity contribution in [3.8, 4) is 0 Å². The second kappa shape index (κ2) is 6.39. The Morgan fingerprint density at radius 2 is 1.84 bits per heavy atom. The Hall–Kier alpha value is -2.56. The zero-order chi connectivity index (χ0) is 13.5. The summed E-state index contributed by atoms with van der Waals surface area (Å²) in [6.07, 6.45) is 2.09. The molecule has 0 saturated heterocycles. The molecule has 0 aliphatic carbocycles. The Morgan fingerprint density at radius 1 is 1.05 bits per heavy atom. The van der Waals surface area contributed by atoms with Crippen LogP contribution < -0.4 is 10.6 Å². The number of nitrogens with one attached hydrogen (secondary N) is 2. The molecule has 0 aliphatic heterocycles. The lowest BCUT2D eigenvalue weighted by atomic mass is 10.1. The SMILES string of the molecule is O=C(NCCc1ccccc1)NC(=O)c1ccco1. The van der Waals surface area contributed by atoms with Crippen molar-refractivity contribution in [1.29, 1.82) is 0 Å². The third kappa shape index (κ3) is 3.99. The molecule has 0 saturated carbocycles. The molecular weight excluding hydrogens is 244 g/mol. The Bertz CT molecular complexity index is 535. The zero-order valence-corrected chi connectivity index (χ0v) is 10.3. The number of hydrogen-bond acceptors (Lipinski definition) is 3. The van der Waals surface area contributed by atoms with Crippen molar-refractivity contribution in [2.45, 2.75) is 6.42 Å². The monoisotopic (exact) mass is 258 g/mol.